The normalized spacial score (nSPS) is 16.8. The first-order valence-electron chi connectivity index (χ1n) is 10.1. The number of hydrogen-bond acceptors (Lipinski definition) is 5. The second-order valence-electron chi connectivity index (χ2n) is 7.63. The fourth-order valence-corrected chi connectivity index (χ4v) is 5.15. The minimum Gasteiger partial charge on any atom is -0.489 e. The highest BCUT2D eigenvalue weighted by Crippen LogP contribution is 2.30. The predicted octanol–water partition coefficient (Wildman–Crippen LogP) is 3.98. The van der Waals surface area contributed by atoms with E-state index >= 15 is 0 Å². The van der Waals surface area contributed by atoms with Crippen LogP contribution in [-0.4, -0.2) is 36.5 Å². The Labute approximate surface area is 191 Å². The molecule has 0 spiro atoms. The number of hydrogen-bond donors (Lipinski definition) is 0. The monoisotopic (exact) mass is 474 g/mol. The van der Waals surface area contributed by atoms with Crippen LogP contribution in [0.4, 0.5) is 0 Å². The van der Waals surface area contributed by atoms with Crippen molar-refractivity contribution >= 4 is 21.6 Å². The molecule has 1 atom stereocenters. The summed E-state index contributed by atoms with van der Waals surface area (Å²) in [5.74, 6) is 1.44. The van der Waals surface area contributed by atoms with Crippen LogP contribution in [0.1, 0.15) is 12.1 Å². The van der Waals surface area contributed by atoms with Gasteiger partial charge in [-0.3, -0.25) is 4.79 Å². The lowest BCUT2D eigenvalue weighted by molar-refractivity contribution is 0.214. The highest BCUT2D eigenvalue weighted by molar-refractivity contribution is 7.89. The molecule has 1 aromatic heterocycles. The lowest BCUT2D eigenvalue weighted by Crippen LogP contribution is -2.31. The SMILES string of the molecule is Cc1cc(OC2CCN(S(=O)(=O)c3ccc(Oc4ccccc4Cl)cc3)C2)cc(=O)n1C. The Morgan fingerprint density at radius 1 is 1.03 bits per heavy atom. The highest BCUT2D eigenvalue weighted by atomic mass is 35.5. The molecule has 3 aromatic rings. The molecule has 0 aliphatic carbocycles. The molecule has 2 aromatic carbocycles. The maximum Gasteiger partial charge on any atom is 0.254 e. The third-order valence-electron chi connectivity index (χ3n) is 5.41. The first kappa shape index (κ1) is 22.4. The summed E-state index contributed by atoms with van der Waals surface area (Å²) in [6, 6.07) is 16.5. The number of benzene rings is 2. The number of pyridine rings is 1. The smallest absolute Gasteiger partial charge is 0.254 e. The molecule has 2 heterocycles. The quantitative estimate of drug-likeness (QED) is 0.540. The maximum atomic E-state index is 13.1. The molecular formula is C23H23ClN2O5S. The van der Waals surface area contributed by atoms with E-state index in [2.05, 4.69) is 0 Å². The Kier molecular flexibility index (Phi) is 6.28. The van der Waals surface area contributed by atoms with Gasteiger partial charge in [0.25, 0.3) is 5.56 Å². The number of para-hydroxylation sites is 1. The topological polar surface area (TPSA) is 77.8 Å². The lowest BCUT2D eigenvalue weighted by atomic mass is 10.3. The maximum absolute atomic E-state index is 13.1. The van der Waals surface area contributed by atoms with Crippen LogP contribution in [0.3, 0.4) is 0 Å². The van der Waals surface area contributed by atoms with Crippen LogP contribution in [0.25, 0.3) is 0 Å². The molecular weight excluding hydrogens is 452 g/mol. The van der Waals surface area contributed by atoms with Crippen LogP contribution >= 0.6 is 11.6 Å². The van der Waals surface area contributed by atoms with Crippen molar-refractivity contribution in [2.45, 2.75) is 24.3 Å². The summed E-state index contributed by atoms with van der Waals surface area (Å²) in [6.45, 7) is 2.38. The summed E-state index contributed by atoms with van der Waals surface area (Å²) in [6.07, 6.45) is 0.223. The molecule has 0 N–H and O–H groups in total. The first-order valence-corrected chi connectivity index (χ1v) is 11.9. The molecule has 0 radical (unpaired) electrons. The van der Waals surface area contributed by atoms with Crippen molar-refractivity contribution < 1.29 is 17.9 Å². The number of halogens is 1. The van der Waals surface area contributed by atoms with E-state index in [-0.39, 0.29) is 23.1 Å². The van der Waals surface area contributed by atoms with Crippen molar-refractivity contribution in [3.05, 3.63) is 81.7 Å². The van der Waals surface area contributed by atoms with Gasteiger partial charge in [-0.2, -0.15) is 4.31 Å². The second kappa shape index (κ2) is 8.97. The van der Waals surface area contributed by atoms with Crippen molar-refractivity contribution in [2.75, 3.05) is 13.1 Å². The van der Waals surface area contributed by atoms with E-state index in [1.54, 1.807) is 49.5 Å². The summed E-state index contributed by atoms with van der Waals surface area (Å²) in [5, 5.41) is 0.471. The van der Waals surface area contributed by atoms with Crippen molar-refractivity contribution in [1.29, 1.82) is 0 Å². The Hall–Kier alpha value is -2.81. The number of sulfonamides is 1. The Morgan fingerprint density at radius 2 is 1.75 bits per heavy atom. The molecule has 0 saturated carbocycles. The fraction of sp³-hybridized carbons (Fsp3) is 0.261. The van der Waals surface area contributed by atoms with Gasteiger partial charge in [0.15, 0.2) is 0 Å². The number of aryl methyl sites for hydroxylation is 1. The van der Waals surface area contributed by atoms with Crippen LogP contribution in [0.2, 0.25) is 5.02 Å². The van der Waals surface area contributed by atoms with E-state index in [0.29, 0.717) is 35.2 Å². The standard InChI is InChI=1S/C23H23ClN2O5S/c1-16-13-19(14-23(27)25(16)2)30-18-11-12-26(15-18)32(28,29)20-9-7-17(8-10-20)31-22-6-4-3-5-21(22)24/h3-10,13-14,18H,11-12,15H2,1-2H3. The van der Waals surface area contributed by atoms with Gasteiger partial charge in [0.2, 0.25) is 10.0 Å². The number of rotatable bonds is 6. The average molecular weight is 475 g/mol. The van der Waals surface area contributed by atoms with E-state index in [0.717, 1.165) is 5.69 Å². The van der Waals surface area contributed by atoms with Gasteiger partial charge in [0, 0.05) is 25.4 Å². The molecule has 0 amide bonds. The Bertz CT molecular complexity index is 1290. The molecule has 1 unspecified atom stereocenters. The van der Waals surface area contributed by atoms with Crippen LogP contribution in [0.5, 0.6) is 17.2 Å². The van der Waals surface area contributed by atoms with E-state index < -0.39 is 10.0 Å². The first-order chi connectivity index (χ1) is 15.2. The number of ether oxygens (including phenoxy) is 2. The third-order valence-corrected chi connectivity index (χ3v) is 7.60. The Balaban J connectivity index is 1.43. The van der Waals surface area contributed by atoms with E-state index in [4.69, 9.17) is 21.1 Å². The Morgan fingerprint density at radius 3 is 2.44 bits per heavy atom. The van der Waals surface area contributed by atoms with Gasteiger partial charge >= 0.3 is 0 Å². The minimum atomic E-state index is -3.68. The van der Waals surface area contributed by atoms with Gasteiger partial charge < -0.3 is 14.0 Å². The lowest BCUT2D eigenvalue weighted by Gasteiger charge is -2.18. The van der Waals surface area contributed by atoms with Gasteiger partial charge in [-0.05, 0) is 55.8 Å². The van der Waals surface area contributed by atoms with E-state index in [1.807, 2.05) is 6.92 Å². The van der Waals surface area contributed by atoms with Gasteiger partial charge in [0.1, 0.15) is 23.4 Å². The van der Waals surface area contributed by atoms with Gasteiger partial charge in [-0.25, -0.2) is 8.42 Å². The summed E-state index contributed by atoms with van der Waals surface area (Å²) < 4.78 is 40.7. The molecule has 9 heteroatoms. The zero-order valence-corrected chi connectivity index (χ0v) is 19.3. The summed E-state index contributed by atoms with van der Waals surface area (Å²) in [4.78, 5) is 12.1. The molecule has 4 rings (SSSR count). The molecule has 0 bridgehead atoms. The van der Waals surface area contributed by atoms with Crippen molar-refractivity contribution in [1.82, 2.24) is 8.87 Å². The molecule has 7 nitrogen and oxygen atoms in total. The predicted molar refractivity (Wildman–Crippen MR) is 122 cm³/mol. The van der Waals surface area contributed by atoms with E-state index in [9.17, 15) is 13.2 Å². The van der Waals surface area contributed by atoms with Gasteiger partial charge in [-0.15, -0.1) is 0 Å². The summed E-state index contributed by atoms with van der Waals surface area (Å²) in [7, 11) is -1.99. The molecule has 32 heavy (non-hydrogen) atoms. The zero-order valence-electron chi connectivity index (χ0n) is 17.7. The molecule has 1 aliphatic rings. The van der Waals surface area contributed by atoms with Crippen molar-refractivity contribution in [3.8, 4) is 17.2 Å². The molecule has 1 fully saturated rings. The molecule has 168 valence electrons. The number of nitrogens with zero attached hydrogens (tertiary/aromatic N) is 2. The van der Waals surface area contributed by atoms with Gasteiger partial charge in [0.05, 0.1) is 16.5 Å². The van der Waals surface area contributed by atoms with Crippen LogP contribution in [0.15, 0.2) is 70.4 Å². The van der Waals surface area contributed by atoms with Crippen LogP contribution in [-0.2, 0) is 17.1 Å². The molecule has 1 saturated heterocycles. The van der Waals surface area contributed by atoms with Crippen LogP contribution < -0.4 is 15.0 Å². The zero-order chi connectivity index (χ0) is 22.9. The fourth-order valence-electron chi connectivity index (χ4n) is 3.49. The van der Waals surface area contributed by atoms with Crippen molar-refractivity contribution in [3.63, 3.8) is 0 Å². The van der Waals surface area contributed by atoms with Gasteiger partial charge in [-0.1, -0.05) is 23.7 Å². The summed E-state index contributed by atoms with van der Waals surface area (Å²) in [5.41, 5.74) is 0.607. The average Bonchev–Trinajstić information content (AvgIpc) is 3.23. The summed E-state index contributed by atoms with van der Waals surface area (Å²) >= 11 is 6.10. The van der Waals surface area contributed by atoms with E-state index in [1.165, 1.54) is 27.1 Å². The minimum absolute atomic E-state index is 0.165. The molecule has 1 aliphatic heterocycles. The second-order valence-corrected chi connectivity index (χ2v) is 9.97. The highest BCUT2D eigenvalue weighted by Gasteiger charge is 2.33. The number of aromatic nitrogens is 1. The third kappa shape index (κ3) is 4.67. The largest absolute Gasteiger partial charge is 0.489 e. The van der Waals surface area contributed by atoms with Crippen molar-refractivity contribution in [2.24, 2.45) is 7.05 Å². The van der Waals surface area contributed by atoms with Crippen LogP contribution in [0, 0.1) is 6.92 Å².